The third-order valence-corrected chi connectivity index (χ3v) is 2.08. The van der Waals surface area contributed by atoms with Crippen molar-refractivity contribution in [1.82, 2.24) is 9.97 Å². The van der Waals surface area contributed by atoms with E-state index in [1.807, 2.05) is 11.9 Å². The summed E-state index contributed by atoms with van der Waals surface area (Å²) in [5, 5.41) is 0. The molecule has 1 aromatic rings. The number of nitrogens with two attached hydrogens (primary N) is 1. The molecule has 0 aliphatic heterocycles. The van der Waals surface area contributed by atoms with Crippen LogP contribution in [-0.4, -0.2) is 23.6 Å². The first-order valence-corrected chi connectivity index (χ1v) is 4.71. The van der Waals surface area contributed by atoms with Crippen molar-refractivity contribution in [3.63, 3.8) is 0 Å². The molecule has 0 unspecified atom stereocenters. The SMILES string of the molecule is CCCCN(C)c1nc[nH]c(=O)c1N. The standard InChI is InChI=1S/C9H16N4O/c1-3-4-5-13(2)8-7(10)9(14)12-6-11-8/h6H,3-5,10H2,1-2H3,(H,11,12,14). The Morgan fingerprint density at radius 1 is 1.64 bits per heavy atom. The fraction of sp³-hybridized carbons (Fsp3) is 0.556. The number of nitrogens with zero attached hydrogens (tertiary/aromatic N) is 2. The van der Waals surface area contributed by atoms with Crippen LogP contribution in [0.1, 0.15) is 19.8 Å². The topological polar surface area (TPSA) is 75.0 Å². The number of aromatic amines is 1. The van der Waals surface area contributed by atoms with E-state index in [4.69, 9.17) is 5.73 Å². The summed E-state index contributed by atoms with van der Waals surface area (Å²) >= 11 is 0. The van der Waals surface area contributed by atoms with Crippen LogP contribution in [0, 0.1) is 0 Å². The third-order valence-electron chi connectivity index (χ3n) is 2.08. The largest absolute Gasteiger partial charge is 0.391 e. The number of anilines is 2. The molecule has 14 heavy (non-hydrogen) atoms. The van der Waals surface area contributed by atoms with Gasteiger partial charge in [-0.15, -0.1) is 0 Å². The van der Waals surface area contributed by atoms with E-state index in [2.05, 4.69) is 16.9 Å². The molecule has 78 valence electrons. The lowest BCUT2D eigenvalue weighted by molar-refractivity contribution is 0.758. The molecule has 0 aliphatic carbocycles. The maximum atomic E-state index is 11.2. The van der Waals surface area contributed by atoms with Crippen molar-refractivity contribution in [3.05, 3.63) is 16.7 Å². The second kappa shape index (κ2) is 4.64. The summed E-state index contributed by atoms with van der Waals surface area (Å²) in [5.74, 6) is 0.558. The molecule has 0 bridgehead atoms. The van der Waals surface area contributed by atoms with Crippen molar-refractivity contribution in [1.29, 1.82) is 0 Å². The first-order chi connectivity index (χ1) is 6.66. The Labute approximate surface area is 83.0 Å². The van der Waals surface area contributed by atoms with Crippen LogP contribution in [0.15, 0.2) is 11.1 Å². The predicted molar refractivity (Wildman–Crippen MR) is 57.4 cm³/mol. The highest BCUT2D eigenvalue weighted by Gasteiger charge is 2.08. The fourth-order valence-corrected chi connectivity index (χ4v) is 1.21. The molecular formula is C9H16N4O. The highest BCUT2D eigenvalue weighted by Crippen LogP contribution is 2.13. The van der Waals surface area contributed by atoms with Gasteiger partial charge in [0.05, 0.1) is 6.33 Å². The predicted octanol–water partition coefficient (Wildman–Crippen LogP) is 0.588. The zero-order chi connectivity index (χ0) is 10.6. The van der Waals surface area contributed by atoms with E-state index in [1.54, 1.807) is 0 Å². The Morgan fingerprint density at radius 3 is 3.00 bits per heavy atom. The van der Waals surface area contributed by atoms with E-state index >= 15 is 0 Å². The molecule has 5 nitrogen and oxygen atoms in total. The Bertz CT molecular complexity index is 347. The van der Waals surface area contributed by atoms with Crippen LogP contribution in [-0.2, 0) is 0 Å². The van der Waals surface area contributed by atoms with Crippen molar-refractivity contribution in [2.75, 3.05) is 24.2 Å². The quantitative estimate of drug-likeness (QED) is 0.739. The van der Waals surface area contributed by atoms with Crippen LogP contribution >= 0.6 is 0 Å². The van der Waals surface area contributed by atoms with Gasteiger partial charge in [-0.25, -0.2) is 4.98 Å². The summed E-state index contributed by atoms with van der Waals surface area (Å²) < 4.78 is 0. The molecule has 0 aliphatic rings. The van der Waals surface area contributed by atoms with E-state index in [1.165, 1.54) is 6.33 Å². The Balaban J connectivity index is 2.84. The monoisotopic (exact) mass is 196 g/mol. The molecule has 0 fully saturated rings. The number of hydrogen-bond acceptors (Lipinski definition) is 4. The van der Waals surface area contributed by atoms with Crippen molar-refractivity contribution in [2.45, 2.75) is 19.8 Å². The van der Waals surface area contributed by atoms with Gasteiger partial charge in [0.15, 0.2) is 5.82 Å². The van der Waals surface area contributed by atoms with Gasteiger partial charge in [0.2, 0.25) is 0 Å². The van der Waals surface area contributed by atoms with Gasteiger partial charge in [-0.1, -0.05) is 13.3 Å². The number of nitrogen functional groups attached to an aromatic ring is 1. The summed E-state index contributed by atoms with van der Waals surface area (Å²) in [4.78, 5) is 19.5. The summed E-state index contributed by atoms with van der Waals surface area (Å²) in [6, 6.07) is 0. The Kier molecular flexibility index (Phi) is 3.50. The van der Waals surface area contributed by atoms with Crippen molar-refractivity contribution < 1.29 is 0 Å². The minimum absolute atomic E-state index is 0.186. The van der Waals surface area contributed by atoms with Gasteiger partial charge in [-0.2, -0.15) is 0 Å². The molecule has 5 heteroatoms. The van der Waals surface area contributed by atoms with E-state index in [0.29, 0.717) is 5.82 Å². The first-order valence-electron chi connectivity index (χ1n) is 4.71. The first kappa shape index (κ1) is 10.6. The van der Waals surface area contributed by atoms with Gasteiger partial charge in [0.25, 0.3) is 5.56 Å². The average Bonchev–Trinajstić information content (AvgIpc) is 2.18. The highest BCUT2D eigenvalue weighted by atomic mass is 16.1. The van der Waals surface area contributed by atoms with Crippen LogP contribution in [0.5, 0.6) is 0 Å². The molecule has 1 rings (SSSR count). The molecular weight excluding hydrogens is 180 g/mol. The minimum Gasteiger partial charge on any atom is -0.391 e. The maximum Gasteiger partial charge on any atom is 0.276 e. The van der Waals surface area contributed by atoms with E-state index in [0.717, 1.165) is 19.4 Å². The van der Waals surface area contributed by atoms with E-state index < -0.39 is 0 Å². The molecule has 0 atom stereocenters. The molecule has 3 N–H and O–H groups in total. The zero-order valence-corrected chi connectivity index (χ0v) is 8.58. The van der Waals surface area contributed by atoms with Gasteiger partial charge in [0, 0.05) is 13.6 Å². The second-order valence-corrected chi connectivity index (χ2v) is 3.24. The van der Waals surface area contributed by atoms with Crippen LogP contribution in [0.3, 0.4) is 0 Å². The van der Waals surface area contributed by atoms with Gasteiger partial charge in [-0.05, 0) is 6.42 Å². The van der Waals surface area contributed by atoms with Crippen molar-refractivity contribution in [3.8, 4) is 0 Å². The average molecular weight is 196 g/mol. The third kappa shape index (κ3) is 2.25. The van der Waals surface area contributed by atoms with Gasteiger partial charge in [-0.3, -0.25) is 4.79 Å². The van der Waals surface area contributed by atoms with E-state index in [-0.39, 0.29) is 11.2 Å². The van der Waals surface area contributed by atoms with Crippen molar-refractivity contribution in [2.24, 2.45) is 0 Å². The molecule has 0 saturated heterocycles. The lowest BCUT2D eigenvalue weighted by atomic mass is 10.3. The van der Waals surface area contributed by atoms with Crippen LogP contribution in [0.4, 0.5) is 11.5 Å². The molecule has 1 aromatic heterocycles. The Morgan fingerprint density at radius 2 is 2.36 bits per heavy atom. The molecule has 0 amide bonds. The molecule has 0 aromatic carbocycles. The molecule has 1 heterocycles. The number of nitrogens with one attached hydrogen (secondary N) is 1. The maximum absolute atomic E-state index is 11.2. The second-order valence-electron chi connectivity index (χ2n) is 3.24. The van der Waals surface area contributed by atoms with Crippen LogP contribution in [0.2, 0.25) is 0 Å². The van der Waals surface area contributed by atoms with Gasteiger partial charge >= 0.3 is 0 Å². The zero-order valence-electron chi connectivity index (χ0n) is 8.58. The van der Waals surface area contributed by atoms with Gasteiger partial charge < -0.3 is 15.6 Å². The minimum atomic E-state index is -0.279. The summed E-state index contributed by atoms with van der Waals surface area (Å²) in [6.45, 7) is 2.97. The summed E-state index contributed by atoms with van der Waals surface area (Å²) in [6.07, 6.45) is 3.54. The Hall–Kier alpha value is -1.52. The lowest BCUT2D eigenvalue weighted by Crippen LogP contribution is -2.24. The van der Waals surface area contributed by atoms with Crippen molar-refractivity contribution >= 4 is 11.5 Å². The fourth-order valence-electron chi connectivity index (χ4n) is 1.21. The summed E-state index contributed by atoms with van der Waals surface area (Å²) in [5.41, 5.74) is 5.51. The number of H-pyrrole nitrogens is 1. The number of hydrogen-bond donors (Lipinski definition) is 2. The van der Waals surface area contributed by atoms with Crippen LogP contribution < -0.4 is 16.2 Å². The molecule has 0 saturated carbocycles. The highest BCUT2D eigenvalue weighted by molar-refractivity contribution is 5.60. The van der Waals surface area contributed by atoms with E-state index in [9.17, 15) is 4.79 Å². The van der Waals surface area contributed by atoms with Gasteiger partial charge in [0.1, 0.15) is 5.69 Å². The number of rotatable bonds is 4. The molecule has 0 radical (unpaired) electrons. The number of aromatic nitrogens is 2. The van der Waals surface area contributed by atoms with Crippen LogP contribution in [0.25, 0.3) is 0 Å². The number of unbranched alkanes of at least 4 members (excludes halogenated alkanes) is 1. The summed E-state index contributed by atoms with van der Waals surface area (Å²) in [7, 11) is 1.88. The lowest BCUT2D eigenvalue weighted by Gasteiger charge is -2.18. The molecule has 0 spiro atoms. The smallest absolute Gasteiger partial charge is 0.276 e. The normalized spacial score (nSPS) is 10.1.